The number of unbranched alkanes of at least 4 members (excludes halogenated alkanes) is 26. The third-order valence-electron chi connectivity index (χ3n) is 11.7. The molecule has 1 aliphatic carbocycles. The molecule has 0 aromatic rings. The van der Waals surface area contributed by atoms with E-state index in [0.717, 1.165) is 51.4 Å². The average Bonchev–Trinajstić information content (AvgIpc) is 3.19. The summed E-state index contributed by atoms with van der Waals surface area (Å²) in [5.74, 6) is -0.558. The van der Waals surface area contributed by atoms with E-state index in [4.69, 9.17) is 9.05 Å². The van der Waals surface area contributed by atoms with E-state index in [1.54, 1.807) is 0 Å². The van der Waals surface area contributed by atoms with Gasteiger partial charge in [-0.2, -0.15) is 0 Å². The standard InChI is InChI=1S/C44H88NO12P/c1-3-5-7-9-11-13-15-16-17-18-19-20-21-22-23-25-27-29-31-35(46)33-38(48)45-36(37(47)32-30-28-26-24-14-12-10-8-6-4-2)34-56-58(54,55)57-44-42(52)40(50)39(49)41(51)43(44)53/h35-37,39-44,46-47,49-53H,3-34H2,1-2H3,(H,45,48)(H,54,55). The summed E-state index contributed by atoms with van der Waals surface area (Å²) >= 11 is 0. The quantitative estimate of drug-likeness (QED) is 0.0215. The second kappa shape index (κ2) is 34.8. The summed E-state index contributed by atoms with van der Waals surface area (Å²) in [7, 11) is -5.11. The summed E-state index contributed by atoms with van der Waals surface area (Å²) in [6.45, 7) is 3.77. The number of phosphoric acid groups is 1. The first-order chi connectivity index (χ1) is 27.8. The first kappa shape index (κ1) is 55.3. The molecule has 0 bridgehead atoms. The maximum absolute atomic E-state index is 13.0. The Hall–Kier alpha value is -0.700. The fourth-order valence-electron chi connectivity index (χ4n) is 7.83. The van der Waals surface area contributed by atoms with E-state index in [-0.39, 0.29) is 12.8 Å². The molecule has 13 nitrogen and oxygen atoms in total. The molecule has 1 aliphatic rings. The van der Waals surface area contributed by atoms with Crippen molar-refractivity contribution < 1.29 is 59.0 Å². The molecule has 0 saturated heterocycles. The minimum atomic E-state index is -5.11. The molecule has 8 atom stereocenters. The smallest absolute Gasteiger partial charge is 0.393 e. The number of rotatable bonds is 39. The van der Waals surface area contributed by atoms with Crippen molar-refractivity contribution in [1.29, 1.82) is 0 Å². The van der Waals surface area contributed by atoms with Gasteiger partial charge in [-0.1, -0.05) is 194 Å². The Bertz CT molecular complexity index is 1010. The minimum absolute atomic E-state index is 0.216. The molecule has 0 aromatic carbocycles. The van der Waals surface area contributed by atoms with Crippen LogP contribution in [0.25, 0.3) is 0 Å². The summed E-state index contributed by atoms with van der Waals surface area (Å²) < 4.78 is 22.9. The van der Waals surface area contributed by atoms with Crippen LogP contribution in [0, 0.1) is 0 Å². The highest BCUT2D eigenvalue weighted by atomic mass is 31.2. The van der Waals surface area contributed by atoms with Gasteiger partial charge < -0.3 is 46.0 Å². The van der Waals surface area contributed by atoms with Gasteiger partial charge in [0, 0.05) is 0 Å². The number of aliphatic hydroxyl groups excluding tert-OH is 7. The molecule has 9 N–H and O–H groups in total. The molecule has 0 spiro atoms. The first-order valence-corrected chi connectivity index (χ1v) is 25.1. The van der Waals surface area contributed by atoms with E-state index in [2.05, 4.69) is 19.2 Å². The van der Waals surface area contributed by atoms with Crippen molar-refractivity contribution in [3.8, 4) is 0 Å². The Morgan fingerprint density at radius 2 is 0.862 bits per heavy atom. The summed E-state index contributed by atoms with van der Waals surface area (Å²) in [6.07, 6.45) is 20.2. The van der Waals surface area contributed by atoms with E-state index >= 15 is 0 Å². The Labute approximate surface area is 351 Å². The van der Waals surface area contributed by atoms with Gasteiger partial charge in [-0.3, -0.25) is 13.8 Å². The number of nitrogens with one attached hydrogen (secondary N) is 1. The molecular weight excluding hydrogens is 765 g/mol. The van der Waals surface area contributed by atoms with E-state index in [1.165, 1.54) is 122 Å². The van der Waals surface area contributed by atoms with Gasteiger partial charge in [0.1, 0.15) is 36.6 Å². The normalized spacial score (nSPS) is 23.7. The number of carbonyl (C=O) groups is 1. The zero-order chi connectivity index (χ0) is 43.0. The second-order valence-corrected chi connectivity index (χ2v) is 18.6. The lowest BCUT2D eigenvalue weighted by Gasteiger charge is -2.41. The van der Waals surface area contributed by atoms with Gasteiger partial charge >= 0.3 is 7.82 Å². The van der Waals surface area contributed by atoms with E-state index in [0.29, 0.717) is 12.8 Å². The first-order valence-electron chi connectivity index (χ1n) is 23.6. The van der Waals surface area contributed by atoms with Gasteiger partial charge in [-0.25, -0.2) is 4.57 Å². The molecule has 1 rings (SSSR count). The third-order valence-corrected chi connectivity index (χ3v) is 12.7. The van der Waals surface area contributed by atoms with Gasteiger partial charge in [-0.15, -0.1) is 0 Å². The minimum Gasteiger partial charge on any atom is -0.393 e. The topological polar surface area (TPSA) is 226 Å². The highest BCUT2D eigenvalue weighted by Gasteiger charge is 2.51. The monoisotopic (exact) mass is 854 g/mol. The van der Waals surface area contributed by atoms with Crippen LogP contribution in [0.15, 0.2) is 0 Å². The van der Waals surface area contributed by atoms with Crippen molar-refractivity contribution in [2.75, 3.05) is 6.61 Å². The van der Waals surface area contributed by atoms with Crippen LogP contribution in [0.5, 0.6) is 0 Å². The second-order valence-electron chi connectivity index (χ2n) is 17.2. The van der Waals surface area contributed by atoms with Crippen LogP contribution in [0.3, 0.4) is 0 Å². The lowest BCUT2D eigenvalue weighted by atomic mass is 9.85. The number of phosphoric ester groups is 1. The van der Waals surface area contributed by atoms with Crippen molar-refractivity contribution in [3.05, 3.63) is 0 Å². The van der Waals surface area contributed by atoms with Crippen LogP contribution in [0.1, 0.15) is 213 Å². The molecule has 14 heteroatoms. The van der Waals surface area contributed by atoms with Crippen molar-refractivity contribution in [3.63, 3.8) is 0 Å². The van der Waals surface area contributed by atoms with Crippen molar-refractivity contribution in [2.24, 2.45) is 0 Å². The molecule has 1 amide bonds. The molecule has 58 heavy (non-hydrogen) atoms. The van der Waals surface area contributed by atoms with Crippen LogP contribution in [-0.2, 0) is 18.4 Å². The third kappa shape index (κ3) is 26.6. The number of carbonyl (C=O) groups excluding carboxylic acids is 1. The summed E-state index contributed by atoms with van der Waals surface area (Å²) in [5.41, 5.74) is 0. The molecular formula is C44H88NO12P. The summed E-state index contributed by atoms with van der Waals surface area (Å²) in [6, 6.07) is -1.15. The van der Waals surface area contributed by atoms with Gasteiger partial charge in [0.25, 0.3) is 0 Å². The summed E-state index contributed by atoms with van der Waals surface area (Å²) in [5, 5.41) is 74.5. The molecule has 1 saturated carbocycles. The molecule has 346 valence electrons. The molecule has 0 heterocycles. The van der Waals surface area contributed by atoms with Crippen molar-refractivity contribution in [1.82, 2.24) is 5.32 Å². The highest BCUT2D eigenvalue weighted by Crippen LogP contribution is 2.47. The Morgan fingerprint density at radius 1 is 0.534 bits per heavy atom. The largest absolute Gasteiger partial charge is 0.472 e. The highest BCUT2D eigenvalue weighted by molar-refractivity contribution is 7.47. The molecule has 0 aliphatic heterocycles. The number of amides is 1. The van der Waals surface area contributed by atoms with Gasteiger partial charge in [0.2, 0.25) is 5.91 Å². The fraction of sp³-hybridized carbons (Fsp3) is 0.977. The van der Waals surface area contributed by atoms with Crippen LogP contribution in [0.2, 0.25) is 0 Å². The predicted octanol–water partition coefficient (Wildman–Crippen LogP) is 7.65. The predicted molar refractivity (Wildman–Crippen MR) is 229 cm³/mol. The number of aliphatic hydroxyl groups is 7. The maximum atomic E-state index is 13.0. The molecule has 0 aromatic heterocycles. The zero-order valence-corrected chi connectivity index (χ0v) is 37.4. The van der Waals surface area contributed by atoms with E-state index in [9.17, 15) is 50.0 Å². The van der Waals surface area contributed by atoms with E-state index < -0.39 is 75.2 Å². The van der Waals surface area contributed by atoms with Gasteiger partial charge in [0.05, 0.1) is 31.3 Å². The fourth-order valence-corrected chi connectivity index (χ4v) is 8.80. The molecule has 8 unspecified atom stereocenters. The average molecular weight is 854 g/mol. The number of hydrogen-bond donors (Lipinski definition) is 9. The van der Waals surface area contributed by atoms with Crippen molar-refractivity contribution >= 4 is 13.7 Å². The van der Waals surface area contributed by atoms with E-state index in [1.807, 2.05) is 0 Å². The van der Waals surface area contributed by atoms with Crippen molar-refractivity contribution in [2.45, 2.75) is 268 Å². The molecule has 0 radical (unpaired) electrons. The molecule has 1 fully saturated rings. The van der Waals surface area contributed by atoms with Crippen LogP contribution >= 0.6 is 7.82 Å². The Morgan fingerprint density at radius 3 is 1.24 bits per heavy atom. The zero-order valence-electron chi connectivity index (χ0n) is 36.5. The number of hydrogen-bond acceptors (Lipinski definition) is 11. The maximum Gasteiger partial charge on any atom is 0.472 e. The Balaban J connectivity index is 2.44. The lowest BCUT2D eigenvalue weighted by molar-refractivity contribution is -0.220. The SMILES string of the molecule is CCCCCCCCCCCCCCCCCCCCC(O)CC(=O)NC(COP(=O)(O)OC1C(O)C(O)C(O)C(O)C1O)C(O)CCCCCCCCCCCC. The van der Waals surface area contributed by atoms with Crippen LogP contribution in [-0.4, -0.2) is 108 Å². The van der Waals surface area contributed by atoms with Crippen LogP contribution < -0.4 is 5.32 Å². The Kier molecular flexibility index (Phi) is 33.2. The van der Waals surface area contributed by atoms with Gasteiger partial charge in [-0.05, 0) is 12.8 Å². The lowest BCUT2D eigenvalue weighted by Crippen LogP contribution is -2.64. The van der Waals surface area contributed by atoms with Gasteiger partial charge in [0.15, 0.2) is 0 Å². The summed E-state index contributed by atoms with van der Waals surface area (Å²) in [4.78, 5) is 23.4. The van der Waals surface area contributed by atoms with Crippen LogP contribution in [0.4, 0.5) is 0 Å².